The highest BCUT2D eigenvalue weighted by molar-refractivity contribution is 7.89. The second-order valence-electron chi connectivity index (χ2n) is 4.23. The lowest BCUT2D eigenvalue weighted by Crippen LogP contribution is -2.38. The normalized spacial score (nSPS) is 13.5. The highest BCUT2D eigenvalue weighted by Gasteiger charge is 2.27. The Hall–Kier alpha value is -1.18. The van der Waals surface area contributed by atoms with Crippen LogP contribution in [0.25, 0.3) is 0 Å². The van der Waals surface area contributed by atoms with Crippen molar-refractivity contribution >= 4 is 15.7 Å². The molecule has 0 amide bonds. The van der Waals surface area contributed by atoms with Crippen LogP contribution in [0.3, 0.4) is 0 Å². The van der Waals surface area contributed by atoms with Crippen LogP contribution >= 0.6 is 0 Å². The van der Waals surface area contributed by atoms with E-state index in [0.717, 1.165) is 0 Å². The number of nitrogens with zero attached hydrogens (tertiary/aromatic N) is 2. The van der Waals surface area contributed by atoms with Gasteiger partial charge in [-0.05, 0) is 19.9 Å². The topological polar surface area (TPSA) is 71.5 Å². The maximum atomic E-state index is 12.5. The Bertz CT molecular complexity index is 505. The molecule has 1 rings (SSSR count). The van der Waals surface area contributed by atoms with Crippen LogP contribution < -0.4 is 5.32 Å². The zero-order valence-corrected chi connectivity index (χ0v) is 12.6. The lowest BCUT2D eigenvalue weighted by molar-refractivity contribution is 0.149. The first kappa shape index (κ1) is 15.9. The fourth-order valence-electron chi connectivity index (χ4n) is 1.66. The second-order valence-corrected chi connectivity index (χ2v) is 6.19. The van der Waals surface area contributed by atoms with Crippen molar-refractivity contribution < 1.29 is 13.2 Å². The summed E-state index contributed by atoms with van der Waals surface area (Å²) in [6, 6.07) is 1.41. The summed E-state index contributed by atoms with van der Waals surface area (Å²) in [5, 5.41) is 3.03. The van der Waals surface area contributed by atoms with Crippen molar-refractivity contribution in [1.29, 1.82) is 0 Å². The number of rotatable bonds is 7. The van der Waals surface area contributed by atoms with Crippen LogP contribution in [0.1, 0.15) is 13.8 Å². The van der Waals surface area contributed by atoms with Crippen molar-refractivity contribution in [2.75, 3.05) is 32.6 Å². The maximum Gasteiger partial charge on any atom is 0.246 e. The van der Waals surface area contributed by atoms with E-state index < -0.39 is 10.0 Å². The minimum absolute atomic E-state index is 0.183. The van der Waals surface area contributed by atoms with E-state index in [-0.39, 0.29) is 10.9 Å². The van der Waals surface area contributed by atoms with Gasteiger partial charge < -0.3 is 10.1 Å². The van der Waals surface area contributed by atoms with Gasteiger partial charge in [0, 0.05) is 39.1 Å². The quantitative estimate of drug-likeness (QED) is 0.815. The fraction of sp³-hybridized carbons (Fsp3) is 0.583. The first-order valence-electron chi connectivity index (χ1n) is 6.10. The molecule has 0 saturated heterocycles. The predicted octanol–water partition coefficient (Wildman–Crippen LogP) is 1.17. The van der Waals surface area contributed by atoms with Crippen LogP contribution in [0.4, 0.5) is 5.69 Å². The SMILES string of the molecule is CCNc1ccncc1S(=O)(=O)N(C)C(C)COC. The number of anilines is 1. The largest absolute Gasteiger partial charge is 0.384 e. The average molecular weight is 287 g/mol. The van der Waals surface area contributed by atoms with E-state index in [1.807, 2.05) is 6.92 Å². The Morgan fingerprint density at radius 1 is 1.53 bits per heavy atom. The van der Waals surface area contributed by atoms with E-state index >= 15 is 0 Å². The van der Waals surface area contributed by atoms with Crippen molar-refractivity contribution in [1.82, 2.24) is 9.29 Å². The van der Waals surface area contributed by atoms with Gasteiger partial charge in [-0.1, -0.05) is 0 Å². The predicted molar refractivity (Wildman–Crippen MR) is 74.7 cm³/mol. The third-order valence-corrected chi connectivity index (χ3v) is 4.84. The number of aromatic nitrogens is 1. The number of sulfonamides is 1. The van der Waals surface area contributed by atoms with E-state index in [2.05, 4.69) is 10.3 Å². The molecule has 0 bridgehead atoms. The molecule has 1 heterocycles. The Balaban J connectivity index is 3.12. The Morgan fingerprint density at radius 2 is 2.21 bits per heavy atom. The van der Waals surface area contributed by atoms with Gasteiger partial charge in [-0.15, -0.1) is 0 Å². The summed E-state index contributed by atoms with van der Waals surface area (Å²) in [6.45, 7) is 4.69. The Morgan fingerprint density at radius 3 is 2.79 bits per heavy atom. The van der Waals surface area contributed by atoms with Crippen molar-refractivity contribution in [3.05, 3.63) is 18.5 Å². The third kappa shape index (κ3) is 3.65. The Labute approximate surface area is 114 Å². The van der Waals surface area contributed by atoms with Crippen LogP contribution in [0, 0.1) is 0 Å². The summed E-state index contributed by atoms with van der Waals surface area (Å²) < 4.78 is 31.4. The molecule has 0 saturated carbocycles. The molecule has 1 aromatic rings. The molecule has 7 heteroatoms. The minimum Gasteiger partial charge on any atom is -0.384 e. The average Bonchev–Trinajstić information content (AvgIpc) is 2.39. The summed E-state index contributed by atoms with van der Waals surface area (Å²) in [7, 11) is -0.495. The van der Waals surface area contributed by atoms with Gasteiger partial charge in [0.05, 0.1) is 12.3 Å². The molecular formula is C12H21N3O3S. The molecular weight excluding hydrogens is 266 g/mol. The van der Waals surface area contributed by atoms with Crippen molar-refractivity contribution in [3.8, 4) is 0 Å². The number of likely N-dealkylation sites (N-methyl/N-ethyl adjacent to an activating group) is 1. The molecule has 1 N–H and O–H groups in total. The fourth-order valence-corrected chi connectivity index (χ4v) is 3.12. The molecule has 1 unspecified atom stereocenters. The molecule has 0 aliphatic rings. The zero-order valence-electron chi connectivity index (χ0n) is 11.8. The van der Waals surface area contributed by atoms with E-state index in [9.17, 15) is 8.42 Å². The van der Waals surface area contributed by atoms with Gasteiger partial charge in [-0.3, -0.25) is 4.98 Å². The van der Waals surface area contributed by atoms with Crippen LogP contribution in [-0.2, 0) is 14.8 Å². The summed E-state index contributed by atoms with van der Waals surface area (Å²) in [6.07, 6.45) is 2.93. The minimum atomic E-state index is -3.58. The maximum absolute atomic E-state index is 12.5. The standard InChI is InChI=1S/C12H21N3O3S/c1-5-14-11-6-7-13-8-12(11)19(16,17)15(3)10(2)9-18-4/h6-8,10H,5,9H2,1-4H3,(H,13,14). The zero-order chi connectivity index (χ0) is 14.5. The van der Waals surface area contributed by atoms with Crippen molar-refractivity contribution in [2.24, 2.45) is 0 Å². The number of hydrogen-bond donors (Lipinski definition) is 1. The first-order valence-corrected chi connectivity index (χ1v) is 7.54. The van der Waals surface area contributed by atoms with E-state index in [1.165, 1.54) is 10.5 Å². The lowest BCUT2D eigenvalue weighted by Gasteiger charge is -2.24. The van der Waals surface area contributed by atoms with E-state index in [0.29, 0.717) is 18.8 Å². The first-order chi connectivity index (χ1) is 8.95. The summed E-state index contributed by atoms with van der Waals surface area (Å²) in [5.41, 5.74) is 0.564. The van der Waals surface area contributed by atoms with Gasteiger partial charge in [-0.2, -0.15) is 4.31 Å². The summed E-state index contributed by atoms with van der Waals surface area (Å²) >= 11 is 0. The number of pyridine rings is 1. The smallest absolute Gasteiger partial charge is 0.246 e. The third-order valence-electron chi connectivity index (χ3n) is 2.84. The van der Waals surface area contributed by atoms with Gasteiger partial charge in [0.2, 0.25) is 10.0 Å². The van der Waals surface area contributed by atoms with E-state index in [4.69, 9.17) is 4.74 Å². The van der Waals surface area contributed by atoms with Gasteiger partial charge in [0.1, 0.15) is 4.90 Å². The molecule has 0 spiro atoms. The van der Waals surface area contributed by atoms with Crippen molar-refractivity contribution in [2.45, 2.75) is 24.8 Å². The summed E-state index contributed by atoms with van der Waals surface area (Å²) in [5.74, 6) is 0. The van der Waals surface area contributed by atoms with Crippen LogP contribution in [0.2, 0.25) is 0 Å². The van der Waals surface area contributed by atoms with Crippen LogP contribution in [0.15, 0.2) is 23.4 Å². The molecule has 6 nitrogen and oxygen atoms in total. The molecule has 19 heavy (non-hydrogen) atoms. The monoisotopic (exact) mass is 287 g/mol. The molecule has 0 aliphatic heterocycles. The van der Waals surface area contributed by atoms with Gasteiger partial charge in [-0.25, -0.2) is 8.42 Å². The van der Waals surface area contributed by atoms with Crippen molar-refractivity contribution in [3.63, 3.8) is 0 Å². The lowest BCUT2D eigenvalue weighted by atomic mass is 10.4. The van der Waals surface area contributed by atoms with Gasteiger partial charge in [0.25, 0.3) is 0 Å². The number of nitrogens with one attached hydrogen (secondary N) is 1. The molecule has 1 atom stereocenters. The molecule has 108 valence electrons. The number of ether oxygens (including phenoxy) is 1. The van der Waals surface area contributed by atoms with Crippen LogP contribution in [0.5, 0.6) is 0 Å². The second kappa shape index (κ2) is 6.83. The highest BCUT2D eigenvalue weighted by Crippen LogP contribution is 2.23. The molecule has 0 aliphatic carbocycles. The van der Waals surface area contributed by atoms with E-state index in [1.54, 1.807) is 33.3 Å². The highest BCUT2D eigenvalue weighted by atomic mass is 32.2. The molecule has 0 fully saturated rings. The summed E-state index contributed by atoms with van der Waals surface area (Å²) in [4.78, 5) is 4.09. The van der Waals surface area contributed by atoms with Crippen LogP contribution in [-0.4, -0.2) is 51.1 Å². The molecule has 0 radical (unpaired) electrons. The van der Waals surface area contributed by atoms with Gasteiger partial charge in [0.15, 0.2) is 0 Å². The van der Waals surface area contributed by atoms with Gasteiger partial charge >= 0.3 is 0 Å². The Kier molecular flexibility index (Phi) is 5.71. The molecule has 1 aromatic heterocycles. The molecule has 0 aromatic carbocycles. The number of hydrogen-bond acceptors (Lipinski definition) is 5. The number of methoxy groups -OCH3 is 1.